The van der Waals surface area contributed by atoms with Gasteiger partial charge in [-0.3, -0.25) is 14.5 Å². The topological polar surface area (TPSA) is 42.0 Å². The van der Waals surface area contributed by atoms with Crippen molar-refractivity contribution in [1.82, 2.24) is 9.71 Å². The number of carbonyl (C=O) groups excluding carboxylic acids is 1. The normalized spacial score (nSPS) is 13.2. The zero-order valence-electron chi connectivity index (χ0n) is 9.91. The molecule has 0 aliphatic heterocycles. The fourth-order valence-corrected chi connectivity index (χ4v) is 1.70. The number of nitrogens with one attached hydrogen (secondary N) is 1. The molecule has 0 aromatic carbocycles. The lowest BCUT2D eigenvalue weighted by Gasteiger charge is -2.13. The summed E-state index contributed by atoms with van der Waals surface area (Å²) in [6, 6.07) is 0.794. The van der Waals surface area contributed by atoms with E-state index in [0.717, 1.165) is 36.8 Å². The summed E-state index contributed by atoms with van der Waals surface area (Å²) >= 11 is 1.10. The van der Waals surface area contributed by atoms with Crippen LogP contribution >= 0.6 is 11.9 Å². The van der Waals surface area contributed by atoms with E-state index in [0.29, 0.717) is 0 Å². The molecule has 3 nitrogen and oxygen atoms in total. The summed E-state index contributed by atoms with van der Waals surface area (Å²) in [6.45, 7) is 3.80. The van der Waals surface area contributed by atoms with Gasteiger partial charge in [0, 0.05) is 17.6 Å². The lowest BCUT2D eigenvalue weighted by molar-refractivity contribution is -0.138. The molecule has 0 saturated heterocycles. The average Bonchev–Trinajstić information content (AvgIpc) is 2.34. The minimum absolute atomic E-state index is 0.139. The van der Waals surface area contributed by atoms with Gasteiger partial charge in [-0.05, 0) is 24.4 Å². The smallest absolute Gasteiger partial charge is 0.296 e. The van der Waals surface area contributed by atoms with Gasteiger partial charge in [-0.15, -0.1) is 0 Å². The molecule has 0 aliphatic carbocycles. The van der Waals surface area contributed by atoms with Gasteiger partial charge in [-0.25, -0.2) is 0 Å². The predicted molar refractivity (Wildman–Crippen MR) is 64.0 cm³/mol. The van der Waals surface area contributed by atoms with Crippen molar-refractivity contribution in [3.63, 3.8) is 0 Å². The molecular weight excluding hydrogens is 265 g/mol. The van der Waals surface area contributed by atoms with Crippen molar-refractivity contribution < 1.29 is 18.0 Å². The first kappa shape index (κ1) is 14.8. The van der Waals surface area contributed by atoms with Gasteiger partial charge in [0.05, 0.1) is 11.1 Å². The van der Waals surface area contributed by atoms with E-state index in [1.165, 1.54) is 0 Å². The molecule has 1 atom stereocenters. The molecule has 0 fully saturated rings. The highest BCUT2D eigenvalue weighted by atomic mass is 32.2. The van der Waals surface area contributed by atoms with Crippen LogP contribution in [0.1, 0.15) is 36.2 Å². The second kappa shape index (κ2) is 6.08. The number of pyridine rings is 1. The third-order valence-corrected chi connectivity index (χ3v) is 3.34. The van der Waals surface area contributed by atoms with Gasteiger partial charge >= 0.3 is 6.18 Å². The number of amides is 1. The molecule has 7 heteroatoms. The van der Waals surface area contributed by atoms with Gasteiger partial charge in [0.25, 0.3) is 5.91 Å². The highest BCUT2D eigenvalue weighted by Crippen LogP contribution is 2.31. The number of hydrogen-bond acceptors (Lipinski definition) is 3. The Morgan fingerprint density at radius 3 is 2.78 bits per heavy atom. The molecule has 0 aliphatic rings. The SMILES string of the molecule is CCC(C)SNC(=O)c1cnccc1C(F)(F)F. The van der Waals surface area contributed by atoms with Crippen LogP contribution in [0.15, 0.2) is 18.5 Å². The Labute approximate surface area is 107 Å². The predicted octanol–water partition coefficient (Wildman–Crippen LogP) is 3.28. The zero-order chi connectivity index (χ0) is 13.8. The maximum Gasteiger partial charge on any atom is 0.417 e. The Bertz CT molecular complexity index is 423. The van der Waals surface area contributed by atoms with Gasteiger partial charge in [-0.1, -0.05) is 13.8 Å². The molecule has 100 valence electrons. The van der Waals surface area contributed by atoms with Crippen LogP contribution < -0.4 is 4.72 Å². The number of halogens is 3. The summed E-state index contributed by atoms with van der Waals surface area (Å²) < 4.78 is 40.4. The average molecular weight is 278 g/mol. The molecule has 1 aromatic rings. The minimum Gasteiger partial charge on any atom is -0.296 e. The lowest BCUT2D eigenvalue weighted by atomic mass is 10.1. The molecule has 1 heterocycles. The molecule has 1 unspecified atom stereocenters. The molecule has 0 spiro atoms. The molecule has 1 N–H and O–H groups in total. The number of aromatic nitrogens is 1. The summed E-state index contributed by atoms with van der Waals surface area (Å²) in [5.74, 6) is -0.777. The molecule has 0 bridgehead atoms. The maximum absolute atomic E-state index is 12.7. The van der Waals surface area contributed by atoms with E-state index in [2.05, 4.69) is 9.71 Å². The fourth-order valence-electron chi connectivity index (χ4n) is 1.12. The third-order valence-electron chi connectivity index (χ3n) is 2.30. The van der Waals surface area contributed by atoms with Crippen LogP contribution in [0.2, 0.25) is 0 Å². The van der Waals surface area contributed by atoms with E-state index < -0.39 is 23.2 Å². The molecule has 1 aromatic heterocycles. The van der Waals surface area contributed by atoms with Crippen molar-refractivity contribution >= 4 is 17.9 Å². The van der Waals surface area contributed by atoms with Crippen LogP contribution in [-0.4, -0.2) is 16.1 Å². The van der Waals surface area contributed by atoms with Crippen LogP contribution in [0.4, 0.5) is 13.2 Å². The van der Waals surface area contributed by atoms with Crippen molar-refractivity contribution in [2.75, 3.05) is 0 Å². The van der Waals surface area contributed by atoms with E-state index in [1.807, 2.05) is 13.8 Å². The highest BCUT2D eigenvalue weighted by Gasteiger charge is 2.35. The van der Waals surface area contributed by atoms with E-state index in [-0.39, 0.29) is 5.25 Å². The van der Waals surface area contributed by atoms with Crippen molar-refractivity contribution in [2.45, 2.75) is 31.7 Å². The van der Waals surface area contributed by atoms with Crippen LogP contribution in [0.5, 0.6) is 0 Å². The minimum atomic E-state index is -4.56. The van der Waals surface area contributed by atoms with Gasteiger partial charge in [0.2, 0.25) is 0 Å². The summed E-state index contributed by atoms with van der Waals surface area (Å²) in [5.41, 5.74) is -1.43. The third kappa shape index (κ3) is 3.90. The van der Waals surface area contributed by atoms with E-state index in [1.54, 1.807) is 0 Å². The lowest BCUT2D eigenvalue weighted by Crippen LogP contribution is -2.23. The van der Waals surface area contributed by atoms with Crippen LogP contribution in [0.25, 0.3) is 0 Å². The summed E-state index contributed by atoms with van der Waals surface area (Å²) in [6.07, 6.45) is -1.81. The highest BCUT2D eigenvalue weighted by molar-refractivity contribution is 7.98. The molecule has 18 heavy (non-hydrogen) atoms. The second-order valence-corrected chi connectivity index (χ2v) is 4.93. The second-order valence-electron chi connectivity index (χ2n) is 3.69. The Morgan fingerprint density at radius 2 is 2.22 bits per heavy atom. The summed E-state index contributed by atoms with van der Waals surface area (Å²) in [4.78, 5) is 15.2. The van der Waals surface area contributed by atoms with E-state index in [4.69, 9.17) is 0 Å². The van der Waals surface area contributed by atoms with Crippen LogP contribution in [0.3, 0.4) is 0 Å². The molecule has 0 radical (unpaired) electrons. The molecular formula is C11H13F3N2OS. The van der Waals surface area contributed by atoms with E-state index in [9.17, 15) is 18.0 Å². The standard InChI is InChI=1S/C11H13F3N2OS/c1-3-7(2)18-16-10(17)8-6-15-5-4-9(8)11(12,13)14/h4-7H,3H2,1-2H3,(H,16,17). The molecule has 1 amide bonds. The number of hydrogen-bond donors (Lipinski definition) is 1. The maximum atomic E-state index is 12.7. The Hall–Kier alpha value is -1.24. The van der Waals surface area contributed by atoms with Gasteiger partial charge in [0.1, 0.15) is 0 Å². The summed E-state index contributed by atoms with van der Waals surface area (Å²) in [5, 5.41) is 0.139. The van der Waals surface area contributed by atoms with Gasteiger partial charge in [-0.2, -0.15) is 13.2 Å². The number of carbonyl (C=O) groups is 1. The number of alkyl halides is 3. The number of rotatable bonds is 4. The molecule has 1 rings (SSSR count). The first-order chi connectivity index (χ1) is 8.36. The Kier molecular flexibility index (Phi) is 5.01. The van der Waals surface area contributed by atoms with E-state index >= 15 is 0 Å². The Morgan fingerprint density at radius 1 is 1.56 bits per heavy atom. The van der Waals surface area contributed by atoms with Gasteiger partial charge in [0.15, 0.2) is 0 Å². The van der Waals surface area contributed by atoms with Crippen molar-refractivity contribution in [3.05, 3.63) is 29.6 Å². The van der Waals surface area contributed by atoms with Crippen LogP contribution in [-0.2, 0) is 6.18 Å². The fraction of sp³-hybridized carbons (Fsp3) is 0.455. The molecule has 0 saturated carbocycles. The largest absolute Gasteiger partial charge is 0.417 e. The quantitative estimate of drug-likeness (QED) is 0.859. The first-order valence-corrected chi connectivity index (χ1v) is 6.21. The monoisotopic (exact) mass is 278 g/mol. The number of nitrogens with zero attached hydrogens (tertiary/aromatic N) is 1. The van der Waals surface area contributed by atoms with Crippen molar-refractivity contribution in [1.29, 1.82) is 0 Å². The van der Waals surface area contributed by atoms with Gasteiger partial charge < -0.3 is 0 Å². The van der Waals surface area contributed by atoms with Crippen LogP contribution in [0, 0.1) is 0 Å². The first-order valence-electron chi connectivity index (χ1n) is 5.33. The Balaban J connectivity index is 2.86. The van der Waals surface area contributed by atoms with Crippen molar-refractivity contribution in [2.24, 2.45) is 0 Å². The van der Waals surface area contributed by atoms with Crippen molar-refractivity contribution in [3.8, 4) is 0 Å². The zero-order valence-corrected chi connectivity index (χ0v) is 10.7. The summed E-state index contributed by atoms with van der Waals surface area (Å²) in [7, 11) is 0.